The first-order chi connectivity index (χ1) is 10.6. The minimum absolute atomic E-state index is 0.0439. The summed E-state index contributed by atoms with van der Waals surface area (Å²) < 4.78 is 10.5. The van der Waals surface area contributed by atoms with Crippen LogP contribution in [0.3, 0.4) is 0 Å². The van der Waals surface area contributed by atoms with Gasteiger partial charge in [-0.15, -0.1) is 0 Å². The molecule has 6 nitrogen and oxygen atoms in total. The Labute approximate surface area is 128 Å². The fourth-order valence-electron chi connectivity index (χ4n) is 3.00. The number of rotatable bonds is 4. The van der Waals surface area contributed by atoms with E-state index in [1.807, 2.05) is 18.2 Å². The van der Waals surface area contributed by atoms with Gasteiger partial charge in [0.2, 0.25) is 12.7 Å². The third-order valence-corrected chi connectivity index (χ3v) is 4.24. The smallest absolute Gasteiger partial charge is 0.306 e. The van der Waals surface area contributed by atoms with E-state index in [2.05, 4.69) is 5.32 Å². The first-order valence-corrected chi connectivity index (χ1v) is 7.52. The molecule has 0 aromatic heterocycles. The zero-order chi connectivity index (χ0) is 15.5. The molecule has 6 heteroatoms. The van der Waals surface area contributed by atoms with Gasteiger partial charge in [0.1, 0.15) is 0 Å². The molecule has 1 aromatic rings. The van der Waals surface area contributed by atoms with Crippen LogP contribution in [-0.4, -0.2) is 29.8 Å². The molecule has 1 fully saturated rings. The van der Waals surface area contributed by atoms with Crippen molar-refractivity contribution < 1.29 is 24.2 Å². The van der Waals surface area contributed by atoms with Crippen molar-refractivity contribution in [3.8, 4) is 11.5 Å². The Kier molecular flexibility index (Phi) is 4.18. The zero-order valence-corrected chi connectivity index (χ0v) is 12.2. The lowest BCUT2D eigenvalue weighted by atomic mass is 9.86. The van der Waals surface area contributed by atoms with E-state index in [0.29, 0.717) is 24.3 Å². The summed E-state index contributed by atoms with van der Waals surface area (Å²) in [4.78, 5) is 23.0. The topological polar surface area (TPSA) is 84.9 Å². The van der Waals surface area contributed by atoms with Gasteiger partial charge >= 0.3 is 5.97 Å². The van der Waals surface area contributed by atoms with Crippen LogP contribution >= 0.6 is 0 Å². The molecule has 0 spiro atoms. The number of carbonyl (C=O) groups is 2. The van der Waals surface area contributed by atoms with Crippen molar-refractivity contribution in [1.29, 1.82) is 0 Å². The summed E-state index contributed by atoms with van der Waals surface area (Å²) >= 11 is 0. The largest absolute Gasteiger partial charge is 0.481 e. The highest BCUT2D eigenvalue weighted by Gasteiger charge is 2.26. The summed E-state index contributed by atoms with van der Waals surface area (Å²) in [6, 6.07) is 5.57. The second-order valence-corrected chi connectivity index (χ2v) is 5.82. The van der Waals surface area contributed by atoms with Crippen LogP contribution in [0.2, 0.25) is 0 Å². The quantitative estimate of drug-likeness (QED) is 0.884. The molecule has 118 valence electrons. The van der Waals surface area contributed by atoms with Crippen molar-refractivity contribution in [2.45, 2.75) is 38.1 Å². The maximum absolute atomic E-state index is 12.1. The van der Waals surface area contributed by atoms with Crippen LogP contribution in [0, 0.1) is 5.92 Å². The number of aliphatic carboxylic acids is 1. The van der Waals surface area contributed by atoms with Crippen molar-refractivity contribution in [2.24, 2.45) is 5.92 Å². The first kappa shape index (κ1) is 14.7. The molecule has 22 heavy (non-hydrogen) atoms. The lowest BCUT2D eigenvalue weighted by Gasteiger charge is -2.26. The molecule has 1 amide bonds. The third kappa shape index (κ3) is 3.32. The fraction of sp³-hybridized carbons (Fsp3) is 0.500. The van der Waals surface area contributed by atoms with Gasteiger partial charge in [-0.05, 0) is 43.4 Å². The Balaban J connectivity index is 1.50. The van der Waals surface area contributed by atoms with E-state index in [4.69, 9.17) is 14.6 Å². The Morgan fingerprint density at radius 3 is 2.59 bits per heavy atom. The number of carboxylic acid groups (broad SMARTS) is 1. The van der Waals surface area contributed by atoms with Gasteiger partial charge in [0, 0.05) is 6.04 Å². The number of carbonyl (C=O) groups excluding carboxylic acids is 1. The maximum atomic E-state index is 12.1. The molecule has 3 rings (SSSR count). The Morgan fingerprint density at radius 1 is 1.14 bits per heavy atom. The number of hydrogen-bond acceptors (Lipinski definition) is 4. The minimum Gasteiger partial charge on any atom is -0.481 e. The molecule has 0 saturated heterocycles. The molecular formula is C16H19NO5. The van der Waals surface area contributed by atoms with Gasteiger partial charge < -0.3 is 19.9 Å². The SMILES string of the molecule is O=C(Cc1ccc2c(c1)OCO2)NC1CCC(C(=O)O)CC1. The van der Waals surface area contributed by atoms with Crippen molar-refractivity contribution in [1.82, 2.24) is 5.32 Å². The molecule has 0 bridgehead atoms. The monoisotopic (exact) mass is 305 g/mol. The first-order valence-electron chi connectivity index (χ1n) is 7.52. The maximum Gasteiger partial charge on any atom is 0.306 e. The number of fused-ring (bicyclic) bond motifs is 1. The minimum atomic E-state index is -0.731. The van der Waals surface area contributed by atoms with Crippen molar-refractivity contribution >= 4 is 11.9 Å². The molecule has 0 radical (unpaired) electrons. The lowest BCUT2D eigenvalue weighted by molar-refractivity contribution is -0.142. The van der Waals surface area contributed by atoms with Gasteiger partial charge in [0.15, 0.2) is 11.5 Å². The summed E-state index contributed by atoms with van der Waals surface area (Å²) in [7, 11) is 0. The predicted octanol–water partition coefficient (Wildman–Crippen LogP) is 1.72. The molecule has 1 aromatic carbocycles. The van der Waals surface area contributed by atoms with Crippen molar-refractivity contribution in [3.05, 3.63) is 23.8 Å². The number of ether oxygens (including phenoxy) is 2. The highest BCUT2D eigenvalue weighted by Crippen LogP contribution is 2.32. The van der Waals surface area contributed by atoms with E-state index in [9.17, 15) is 9.59 Å². The number of carboxylic acids is 1. The fourth-order valence-corrected chi connectivity index (χ4v) is 3.00. The van der Waals surface area contributed by atoms with E-state index in [1.54, 1.807) is 0 Å². The summed E-state index contributed by atoms with van der Waals surface area (Å²) in [5.41, 5.74) is 0.876. The molecule has 1 heterocycles. The Hall–Kier alpha value is -2.24. The van der Waals surface area contributed by atoms with Gasteiger partial charge in [0.25, 0.3) is 0 Å². The van der Waals surface area contributed by atoms with Crippen LogP contribution in [0.4, 0.5) is 0 Å². The van der Waals surface area contributed by atoms with E-state index < -0.39 is 5.97 Å². The predicted molar refractivity (Wildman–Crippen MR) is 77.8 cm³/mol. The molecule has 2 N–H and O–H groups in total. The van der Waals surface area contributed by atoms with Crippen LogP contribution < -0.4 is 14.8 Å². The van der Waals surface area contributed by atoms with Gasteiger partial charge in [0.05, 0.1) is 12.3 Å². The zero-order valence-electron chi connectivity index (χ0n) is 12.2. The summed E-state index contributed by atoms with van der Waals surface area (Å²) in [6.45, 7) is 0.220. The van der Waals surface area contributed by atoms with Crippen LogP contribution in [-0.2, 0) is 16.0 Å². The number of nitrogens with one attached hydrogen (secondary N) is 1. The van der Waals surface area contributed by atoms with E-state index in [0.717, 1.165) is 18.4 Å². The summed E-state index contributed by atoms with van der Waals surface area (Å²) in [5, 5.41) is 12.0. The van der Waals surface area contributed by atoms with Crippen LogP contribution in [0.15, 0.2) is 18.2 Å². The molecule has 1 saturated carbocycles. The molecule has 2 aliphatic rings. The average Bonchev–Trinajstić information content (AvgIpc) is 2.95. The average molecular weight is 305 g/mol. The number of benzene rings is 1. The van der Waals surface area contributed by atoms with Gasteiger partial charge in [-0.25, -0.2) is 0 Å². The molecule has 0 unspecified atom stereocenters. The van der Waals surface area contributed by atoms with Crippen LogP contribution in [0.25, 0.3) is 0 Å². The normalized spacial score (nSPS) is 23.1. The summed E-state index contributed by atoms with van der Waals surface area (Å²) in [5.74, 6) is 0.341. The van der Waals surface area contributed by atoms with E-state index >= 15 is 0 Å². The lowest BCUT2D eigenvalue weighted by Crippen LogP contribution is -2.39. The second-order valence-electron chi connectivity index (χ2n) is 5.82. The Bertz CT molecular complexity index is 578. The second kappa shape index (κ2) is 6.25. The van der Waals surface area contributed by atoms with Crippen molar-refractivity contribution in [3.63, 3.8) is 0 Å². The summed E-state index contributed by atoms with van der Waals surface area (Å²) in [6.07, 6.45) is 3.00. The molecule has 0 atom stereocenters. The van der Waals surface area contributed by atoms with Crippen LogP contribution in [0.5, 0.6) is 11.5 Å². The molecule has 1 aliphatic carbocycles. The highest BCUT2D eigenvalue weighted by molar-refractivity contribution is 5.79. The van der Waals surface area contributed by atoms with Crippen LogP contribution in [0.1, 0.15) is 31.2 Å². The number of hydrogen-bond donors (Lipinski definition) is 2. The van der Waals surface area contributed by atoms with Gasteiger partial charge in [-0.2, -0.15) is 0 Å². The molecule has 1 aliphatic heterocycles. The highest BCUT2D eigenvalue weighted by atomic mass is 16.7. The van der Waals surface area contributed by atoms with Gasteiger partial charge in [-0.3, -0.25) is 9.59 Å². The van der Waals surface area contributed by atoms with E-state index in [1.165, 1.54) is 0 Å². The van der Waals surface area contributed by atoms with E-state index in [-0.39, 0.29) is 31.1 Å². The van der Waals surface area contributed by atoms with Gasteiger partial charge in [-0.1, -0.05) is 6.07 Å². The number of amides is 1. The van der Waals surface area contributed by atoms with Crippen molar-refractivity contribution in [2.75, 3.05) is 6.79 Å². The Morgan fingerprint density at radius 2 is 1.86 bits per heavy atom. The third-order valence-electron chi connectivity index (χ3n) is 4.24. The molecular weight excluding hydrogens is 286 g/mol. The standard InChI is InChI=1S/C16H19NO5/c18-15(17-12-4-2-11(3-5-12)16(19)20)8-10-1-6-13-14(7-10)22-9-21-13/h1,6-7,11-12H,2-5,8-9H2,(H,17,18)(H,19,20).